The molecule has 0 saturated carbocycles. The lowest BCUT2D eigenvalue weighted by Gasteiger charge is -2.25. The maximum atomic E-state index is 12.4. The number of carbonyl (C=O) groups is 1. The van der Waals surface area contributed by atoms with E-state index in [2.05, 4.69) is 21.2 Å². The van der Waals surface area contributed by atoms with E-state index in [0.29, 0.717) is 13.0 Å². The largest absolute Gasteiger partial charge is 0.396 e. The van der Waals surface area contributed by atoms with Crippen molar-refractivity contribution in [1.29, 1.82) is 0 Å². The number of rotatable bonds is 3. The molecule has 4 nitrogen and oxygen atoms in total. The van der Waals surface area contributed by atoms with Crippen LogP contribution in [-0.2, 0) is 4.79 Å². The first kappa shape index (κ1) is 13.5. The van der Waals surface area contributed by atoms with Crippen molar-refractivity contribution >= 4 is 27.5 Å². The molecular weight excluding hydrogens is 296 g/mol. The molecule has 18 heavy (non-hydrogen) atoms. The molecule has 1 saturated heterocycles. The third-order valence-corrected chi connectivity index (χ3v) is 3.74. The maximum absolute atomic E-state index is 12.4. The fraction of sp³-hybridized carbons (Fsp3) is 0.462. The summed E-state index contributed by atoms with van der Waals surface area (Å²) >= 11 is 3.48. The second-order valence-corrected chi connectivity index (χ2v) is 5.17. The van der Waals surface area contributed by atoms with Crippen LogP contribution in [0.3, 0.4) is 0 Å². The van der Waals surface area contributed by atoms with Crippen molar-refractivity contribution < 1.29 is 9.90 Å². The monoisotopic (exact) mass is 312 g/mol. The van der Waals surface area contributed by atoms with Gasteiger partial charge in [0.25, 0.3) is 0 Å². The lowest BCUT2D eigenvalue weighted by molar-refractivity contribution is -0.120. The summed E-state index contributed by atoms with van der Waals surface area (Å²) in [7, 11) is 0. The Kier molecular flexibility index (Phi) is 4.74. The summed E-state index contributed by atoms with van der Waals surface area (Å²) in [6.45, 7) is 1.53. The van der Waals surface area contributed by atoms with Crippen LogP contribution in [0.25, 0.3) is 0 Å². The quantitative estimate of drug-likeness (QED) is 0.890. The highest BCUT2D eigenvalue weighted by atomic mass is 79.9. The lowest BCUT2D eigenvalue weighted by atomic mass is 10.2. The number of aliphatic hydroxyl groups is 1. The average molecular weight is 313 g/mol. The van der Waals surface area contributed by atoms with Crippen molar-refractivity contribution in [3.63, 3.8) is 0 Å². The molecule has 1 aliphatic rings. The first-order valence-corrected chi connectivity index (χ1v) is 6.93. The van der Waals surface area contributed by atoms with Crippen LogP contribution < -0.4 is 10.2 Å². The molecule has 1 atom stereocenters. The van der Waals surface area contributed by atoms with Gasteiger partial charge >= 0.3 is 0 Å². The molecule has 1 amide bonds. The van der Waals surface area contributed by atoms with Crippen molar-refractivity contribution in [2.24, 2.45) is 0 Å². The number of hydrogen-bond donors (Lipinski definition) is 2. The van der Waals surface area contributed by atoms with E-state index in [1.807, 2.05) is 24.3 Å². The van der Waals surface area contributed by atoms with Gasteiger partial charge in [0.1, 0.15) is 0 Å². The van der Waals surface area contributed by atoms with Gasteiger partial charge in [0.2, 0.25) is 5.91 Å². The molecule has 0 spiro atoms. The van der Waals surface area contributed by atoms with Crippen LogP contribution in [0.4, 0.5) is 5.69 Å². The van der Waals surface area contributed by atoms with Crippen molar-refractivity contribution in [3.8, 4) is 0 Å². The topological polar surface area (TPSA) is 52.6 Å². The Balaban J connectivity index is 2.25. The summed E-state index contributed by atoms with van der Waals surface area (Å²) in [5.74, 6) is 0.0356. The van der Waals surface area contributed by atoms with Crippen LogP contribution in [0.5, 0.6) is 0 Å². The van der Waals surface area contributed by atoms with E-state index in [4.69, 9.17) is 5.11 Å². The minimum absolute atomic E-state index is 0.0210. The Bertz CT molecular complexity index is 425. The molecule has 0 radical (unpaired) electrons. The number of nitrogens with one attached hydrogen (secondary N) is 1. The fourth-order valence-electron chi connectivity index (χ4n) is 2.16. The standard InChI is InChI=1S/C13H17BrN2O2/c14-10-4-1-2-5-12(10)16-8-3-7-15-11(6-9-17)13(16)18/h1-2,4-5,11,15,17H,3,6-9H2. The van der Waals surface area contributed by atoms with Crippen LogP contribution in [-0.4, -0.2) is 36.8 Å². The number of para-hydroxylation sites is 1. The molecule has 0 aliphatic carbocycles. The van der Waals surface area contributed by atoms with Crippen LogP contribution in [0, 0.1) is 0 Å². The van der Waals surface area contributed by atoms with Gasteiger partial charge < -0.3 is 15.3 Å². The molecule has 0 aromatic heterocycles. The Morgan fingerprint density at radius 2 is 2.22 bits per heavy atom. The predicted octanol–water partition coefficient (Wildman–Crippen LogP) is 1.53. The molecule has 2 N–H and O–H groups in total. The zero-order valence-electron chi connectivity index (χ0n) is 10.1. The number of nitrogens with zero attached hydrogens (tertiary/aromatic N) is 1. The molecule has 1 heterocycles. The zero-order chi connectivity index (χ0) is 13.0. The second-order valence-electron chi connectivity index (χ2n) is 4.31. The van der Waals surface area contributed by atoms with Gasteiger partial charge in [-0.3, -0.25) is 4.79 Å². The molecule has 0 bridgehead atoms. The number of aliphatic hydroxyl groups excluding tert-OH is 1. The van der Waals surface area contributed by atoms with Gasteiger partial charge in [-0.25, -0.2) is 0 Å². The smallest absolute Gasteiger partial charge is 0.244 e. The van der Waals surface area contributed by atoms with Crippen molar-refractivity contribution in [3.05, 3.63) is 28.7 Å². The summed E-state index contributed by atoms with van der Waals surface area (Å²) in [6.07, 6.45) is 1.37. The summed E-state index contributed by atoms with van der Waals surface area (Å²) in [4.78, 5) is 14.2. The summed E-state index contributed by atoms with van der Waals surface area (Å²) in [5, 5.41) is 12.2. The van der Waals surface area contributed by atoms with Crippen LogP contribution in [0.1, 0.15) is 12.8 Å². The molecule has 1 unspecified atom stereocenters. The van der Waals surface area contributed by atoms with E-state index in [0.717, 1.165) is 23.1 Å². The van der Waals surface area contributed by atoms with Crippen LogP contribution in [0.15, 0.2) is 28.7 Å². The number of anilines is 1. The summed E-state index contributed by atoms with van der Waals surface area (Å²) < 4.78 is 0.919. The molecule has 1 aromatic carbocycles. The molecular formula is C13H17BrN2O2. The number of carbonyl (C=O) groups excluding carboxylic acids is 1. The molecule has 98 valence electrons. The number of benzene rings is 1. The van der Waals surface area contributed by atoms with E-state index >= 15 is 0 Å². The first-order valence-electron chi connectivity index (χ1n) is 6.14. The molecule has 1 aliphatic heterocycles. The van der Waals surface area contributed by atoms with Gasteiger partial charge in [-0.2, -0.15) is 0 Å². The van der Waals surface area contributed by atoms with Crippen molar-refractivity contribution in [1.82, 2.24) is 5.32 Å². The second kappa shape index (κ2) is 6.31. The molecule has 2 rings (SSSR count). The zero-order valence-corrected chi connectivity index (χ0v) is 11.7. The highest BCUT2D eigenvalue weighted by Gasteiger charge is 2.27. The van der Waals surface area contributed by atoms with Gasteiger partial charge in [-0.15, -0.1) is 0 Å². The van der Waals surface area contributed by atoms with E-state index in [-0.39, 0.29) is 18.6 Å². The fourth-order valence-corrected chi connectivity index (χ4v) is 2.66. The Morgan fingerprint density at radius 1 is 1.44 bits per heavy atom. The molecule has 1 aromatic rings. The van der Waals surface area contributed by atoms with E-state index in [1.54, 1.807) is 4.90 Å². The van der Waals surface area contributed by atoms with Crippen LogP contribution in [0.2, 0.25) is 0 Å². The SMILES string of the molecule is O=C1C(CCO)NCCCN1c1ccccc1Br. The maximum Gasteiger partial charge on any atom is 0.244 e. The minimum Gasteiger partial charge on any atom is -0.396 e. The lowest BCUT2D eigenvalue weighted by Crippen LogP contribution is -2.44. The van der Waals surface area contributed by atoms with Gasteiger partial charge in [0.15, 0.2) is 0 Å². The summed E-state index contributed by atoms with van der Waals surface area (Å²) in [6, 6.07) is 7.43. The van der Waals surface area contributed by atoms with Gasteiger partial charge in [-0.1, -0.05) is 12.1 Å². The predicted molar refractivity (Wildman–Crippen MR) is 74.6 cm³/mol. The average Bonchev–Trinajstić information content (AvgIpc) is 2.54. The first-order chi connectivity index (χ1) is 8.74. The molecule has 5 heteroatoms. The van der Waals surface area contributed by atoms with E-state index in [1.165, 1.54) is 0 Å². The Hall–Kier alpha value is -0.910. The van der Waals surface area contributed by atoms with Gasteiger partial charge in [0.05, 0.1) is 11.7 Å². The van der Waals surface area contributed by atoms with Crippen LogP contribution >= 0.6 is 15.9 Å². The highest BCUT2D eigenvalue weighted by Crippen LogP contribution is 2.27. The highest BCUT2D eigenvalue weighted by molar-refractivity contribution is 9.10. The van der Waals surface area contributed by atoms with E-state index in [9.17, 15) is 4.79 Å². The Morgan fingerprint density at radius 3 is 2.94 bits per heavy atom. The third-order valence-electron chi connectivity index (χ3n) is 3.07. The van der Waals surface area contributed by atoms with E-state index < -0.39 is 0 Å². The van der Waals surface area contributed by atoms with Crippen molar-refractivity contribution in [2.75, 3.05) is 24.6 Å². The minimum atomic E-state index is -0.287. The number of halogens is 1. The third kappa shape index (κ3) is 2.91. The number of hydrogen-bond acceptors (Lipinski definition) is 3. The van der Waals surface area contributed by atoms with Gasteiger partial charge in [-0.05, 0) is 47.4 Å². The normalized spacial score (nSPS) is 20.9. The van der Waals surface area contributed by atoms with Crippen molar-refractivity contribution in [2.45, 2.75) is 18.9 Å². The molecule has 1 fully saturated rings. The Labute approximate surface area is 115 Å². The van der Waals surface area contributed by atoms with Gasteiger partial charge in [0, 0.05) is 17.6 Å². The number of amides is 1. The summed E-state index contributed by atoms with van der Waals surface area (Å²) in [5.41, 5.74) is 0.897.